The zero-order chi connectivity index (χ0) is 16.2. The summed E-state index contributed by atoms with van der Waals surface area (Å²) >= 11 is 5.94. The van der Waals surface area contributed by atoms with Crippen LogP contribution in [0.2, 0.25) is 5.02 Å². The first-order valence-corrected chi connectivity index (χ1v) is 7.36. The summed E-state index contributed by atoms with van der Waals surface area (Å²) in [4.78, 5) is 24.0. The van der Waals surface area contributed by atoms with Crippen LogP contribution in [0.15, 0.2) is 24.3 Å². The van der Waals surface area contributed by atoms with E-state index < -0.39 is 11.5 Å². The van der Waals surface area contributed by atoms with Crippen LogP contribution in [-0.2, 0) is 9.59 Å². The number of hydrogen-bond donors (Lipinski definition) is 2. The van der Waals surface area contributed by atoms with Crippen LogP contribution in [0.5, 0.6) is 0 Å². The van der Waals surface area contributed by atoms with Gasteiger partial charge < -0.3 is 10.6 Å². The summed E-state index contributed by atoms with van der Waals surface area (Å²) in [6.45, 7) is 8.97. The molecular formula is C16H23ClN2O2. The van der Waals surface area contributed by atoms with Crippen molar-refractivity contribution in [3.8, 4) is 0 Å². The summed E-state index contributed by atoms with van der Waals surface area (Å²) in [5.74, 6) is -0.374. The van der Waals surface area contributed by atoms with E-state index in [1.54, 1.807) is 13.0 Å². The lowest BCUT2D eigenvalue weighted by atomic mass is 9.95. The molecule has 2 unspecified atom stereocenters. The predicted molar refractivity (Wildman–Crippen MR) is 85.1 cm³/mol. The second-order valence-electron chi connectivity index (χ2n) is 6.23. The molecule has 2 amide bonds. The lowest BCUT2D eigenvalue weighted by molar-refractivity contribution is -0.133. The fourth-order valence-corrected chi connectivity index (χ4v) is 1.88. The standard InChI is InChI=1S/C16H23ClN2O2/c1-10(12-7-6-8-13(17)9-12)18-14(20)11(2)19-15(21)16(3,4)5/h6-11H,1-5H3,(H,18,20)(H,19,21). The largest absolute Gasteiger partial charge is 0.348 e. The van der Waals surface area contributed by atoms with Crippen LogP contribution in [0.25, 0.3) is 0 Å². The van der Waals surface area contributed by atoms with Gasteiger partial charge in [-0.25, -0.2) is 0 Å². The highest BCUT2D eigenvalue weighted by atomic mass is 35.5. The zero-order valence-corrected chi connectivity index (χ0v) is 13.9. The normalized spacial score (nSPS) is 14.2. The van der Waals surface area contributed by atoms with E-state index in [4.69, 9.17) is 11.6 Å². The molecule has 0 aliphatic carbocycles. The fraction of sp³-hybridized carbons (Fsp3) is 0.500. The summed E-state index contributed by atoms with van der Waals surface area (Å²) in [6, 6.07) is 6.57. The monoisotopic (exact) mass is 310 g/mol. The Labute approximate surface area is 131 Å². The number of nitrogens with one attached hydrogen (secondary N) is 2. The molecule has 0 saturated carbocycles. The maximum atomic E-state index is 12.1. The highest BCUT2D eigenvalue weighted by Crippen LogP contribution is 2.17. The minimum absolute atomic E-state index is 0.152. The molecule has 0 aliphatic rings. The number of carbonyl (C=O) groups is 2. The average molecular weight is 311 g/mol. The van der Waals surface area contributed by atoms with Crippen LogP contribution < -0.4 is 10.6 Å². The quantitative estimate of drug-likeness (QED) is 0.898. The molecule has 0 heterocycles. The Balaban J connectivity index is 2.62. The van der Waals surface area contributed by atoms with Gasteiger partial charge >= 0.3 is 0 Å². The van der Waals surface area contributed by atoms with Crippen molar-refractivity contribution in [3.63, 3.8) is 0 Å². The summed E-state index contributed by atoms with van der Waals surface area (Å²) < 4.78 is 0. The van der Waals surface area contributed by atoms with Crippen molar-refractivity contribution in [2.75, 3.05) is 0 Å². The fourth-order valence-electron chi connectivity index (χ4n) is 1.68. The molecule has 1 rings (SSSR count). The molecule has 4 nitrogen and oxygen atoms in total. The van der Waals surface area contributed by atoms with Crippen LogP contribution in [0.3, 0.4) is 0 Å². The van der Waals surface area contributed by atoms with Gasteiger partial charge in [0.05, 0.1) is 6.04 Å². The molecule has 1 aromatic carbocycles. The third-order valence-corrected chi connectivity index (χ3v) is 3.36. The lowest BCUT2D eigenvalue weighted by Crippen LogP contribution is -2.48. The van der Waals surface area contributed by atoms with Gasteiger partial charge in [0, 0.05) is 10.4 Å². The molecule has 0 aromatic heterocycles. The van der Waals surface area contributed by atoms with Crippen molar-refractivity contribution < 1.29 is 9.59 Å². The maximum Gasteiger partial charge on any atom is 0.242 e. The van der Waals surface area contributed by atoms with Crippen molar-refractivity contribution >= 4 is 23.4 Å². The third kappa shape index (κ3) is 5.38. The molecule has 0 saturated heterocycles. The smallest absolute Gasteiger partial charge is 0.242 e. The van der Waals surface area contributed by atoms with E-state index in [0.29, 0.717) is 5.02 Å². The summed E-state index contributed by atoms with van der Waals surface area (Å²) in [5.41, 5.74) is 0.401. The van der Waals surface area contributed by atoms with Crippen molar-refractivity contribution in [3.05, 3.63) is 34.9 Å². The summed E-state index contributed by atoms with van der Waals surface area (Å²) in [7, 11) is 0. The van der Waals surface area contributed by atoms with E-state index in [-0.39, 0.29) is 17.9 Å². The molecule has 21 heavy (non-hydrogen) atoms. The number of hydrogen-bond acceptors (Lipinski definition) is 2. The van der Waals surface area contributed by atoms with Gasteiger partial charge in [0.25, 0.3) is 0 Å². The Hall–Kier alpha value is -1.55. The van der Waals surface area contributed by atoms with Crippen LogP contribution in [0.1, 0.15) is 46.2 Å². The first-order chi connectivity index (χ1) is 9.61. The van der Waals surface area contributed by atoms with Crippen molar-refractivity contribution in [2.24, 2.45) is 5.41 Å². The molecule has 5 heteroatoms. The second kappa shape index (κ2) is 6.94. The zero-order valence-electron chi connectivity index (χ0n) is 13.2. The van der Waals surface area contributed by atoms with Gasteiger partial charge in [0.2, 0.25) is 11.8 Å². The van der Waals surface area contributed by atoms with Crippen molar-refractivity contribution in [1.82, 2.24) is 10.6 Å². The van der Waals surface area contributed by atoms with Crippen LogP contribution in [0.4, 0.5) is 0 Å². The highest BCUT2D eigenvalue weighted by molar-refractivity contribution is 6.30. The molecule has 0 bridgehead atoms. The Morgan fingerprint density at radius 3 is 2.29 bits per heavy atom. The van der Waals surface area contributed by atoms with Crippen molar-refractivity contribution in [1.29, 1.82) is 0 Å². The second-order valence-corrected chi connectivity index (χ2v) is 6.67. The third-order valence-electron chi connectivity index (χ3n) is 3.13. The maximum absolute atomic E-state index is 12.1. The van der Waals surface area contributed by atoms with Gasteiger partial charge in [0.1, 0.15) is 6.04 Å². The molecule has 0 spiro atoms. The molecular weight excluding hydrogens is 288 g/mol. The van der Waals surface area contributed by atoms with Gasteiger partial charge in [-0.15, -0.1) is 0 Å². The number of amides is 2. The molecule has 0 fully saturated rings. The van der Waals surface area contributed by atoms with Gasteiger partial charge in [-0.1, -0.05) is 44.5 Å². The van der Waals surface area contributed by atoms with E-state index in [2.05, 4.69) is 10.6 Å². The molecule has 2 N–H and O–H groups in total. The van der Waals surface area contributed by atoms with Gasteiger partial charge in [-0.05, 0) is 31.5 Å². The van der Waals surface area contributed by atoms with E-state index in [0.717, 1.165) is 5.56 Å². The molecule has 0 aliphatic heterocycles. The Bertz CT molecular complexity index is 523. The van der Waals surface area contributed by atoms with Crippen molar-refractivity contribution in [2.45, 2.75) is 46.7 Å². The van der Waals surface area contributed by atoms with E-state index in [1.807, 2.05) is 45.9 Å². The van der Waals surface area contributed by atoms with Crippen LogP contribution in [-0.4, -0.2) is 17.9 Å². The van der Waals surface area contributed by atoms with Crippen LogP contribution in [0, 0.1) is 5.41 Å². The van der Waals surface area contributed by atoms with Crippen LogP contribution >= 0.6 is 11.6 Å². The Morgan fingerprint density at radius 2 is 1.76 bits per heavy atom. The molecule has 0 radical (unpaired) electrons. The van der Waals surface area contributed by atoms with E-state index >= 15 is 0 Å². The summed E-state index contributed by atoms with van der Waals surface area (Å²) in [5, 5.41) is 6.21. The van der Waals surface area contributed by atoms with Gasteiger partial charge in [0.15, 0.2) is 0 Å². The Morgan fingerprint density at radius 1 is 1.14 bits per heavy atom. The number of benzene rings is 1. The molecule has 1 aromatic rings. The first kappa shape index (κ1) is 17.5. The lowest BCUT2D eigenvalue weighted by Gasteiger charge is -2.23. The average Bonchev–Trinajstić information content (AvgIpc) is 2.37. The number of carbonyl (C=O) groups excluding carboxylic acids is 2. The van der Waals surface area contributed by atoms with E-state index in [9.17, 15) is 9.59 Å². The number of halogens is 1. The first-order valence-electron chi connectivity index (χ1n) is 6.98. The topological polar surface area (TPSA) is 58.2 Å². The Kier molecular flexibility index (Phi) is 5.78. The van der Waals surface area contributed by atoms with Gasteiger partial charge in [-0.2, -0.15) is 0 Å². The number of rotatable bonds is 4. The minimum Gasteiger partial charge on any atom is -0.348 e. The predicted octanol–water partition coefficient (Wildman–Crippen LogP) is 3.07. The van der Waals surface area contributed by atoms with Gasteiger partial charge in [-0.3, -0.25) is 9.59 Å². The molecule has 116 valence electrons. The summed E-state index contributed by atoms with van der Waals surface area (Å²) in [6.07, 6.45) is 0. The molecule has 2 atom stereocenters. The minimum atomic E-state index is -0.585. The van der Waals surface area contributed by atoms with E-state index in [1.165, 1.54) is 0 Å². The highest BCUT2D eigenvalue weighted by Gasteiger charge is 2.25. The SMILES string of the molecule is CC(NC(=O)C(C)(C)C)C(=O)NC(C)c1cccc(Cl)c1.